The van der Waals surface area contributed by atoms with Gasteiger partial charge in [0.15, 0.2) is 46.0 Å². The second-order valence-corrected chi connectivity index (χ2v) is 26.2. The Morgan fingerprint density at radius 1 is 0.529 bits per heavy atom. The van der Waals surface area contributed by atoms with Gasteiger partial charge in [-0.3, -0.25) is 0 Å². The first-order chi connectivity index (χ1) is 39.7. The van der Waals surface area contributed by atoms with Crippen molar-refractivity contribution < 1.29 is 86.3 Å². The lowest BCUT2D eigenvalue weighted by Gasteiger charge is -2.30. The molecule has 6 heterocycles. The number of phenolic OH excluding ortho intramolecular Hbond substituents is 2. The van der Waals surface area contributed by atoms with E-state index in [1.165, 1.54) is 41.4 Å². The molecule has 6 atom stereocenters. The maximum atomic E-state index is 12.4. The maximum absolute atomic E-state index is 12.4. The smallest absolute Gasteiger partial charge is 0.410 e. The summed E-state index contributed by atoms with van der Waals surface area (Å²) >= 11 is 13.4. The second kappa shape index (κ2) is 26.3. The minimum absolute atomic E-state index is 0.0414. The summed E-state index contributed by atoms with van der Waals surface area (Å²) < 4.78 is 63.7. The largest absolute Gasteiger partial charge is 0.504 e. The summed E-state index contributed by atoms with van der Waals surface area (Å²) in [4.78, 5) is 63.3. The SMILES string of the molecule is COC(=O)c1cc(Br)c(O)c(O)c1C.COC(=O)c1cc(Br)c2c(c1C)OC(C)(C1CCN(C(=O)OC(C)(C)C)C1)O2.COC(=O)c1cc(Br)c2c(c1C)OC(C)(C1CCN(C)C1)O2.COC(=O)c1cc(Br)c2c(c1C)OC(C)(C1CCNC1)O2. The lowest BCUT2D eigenvalue weighted by Crippen LogP contribution is -2.45. The fourth-order valence-corrected chi connectivity index (χ4v) is 12.6. The molecule has 1 amide bonds. The molecule has 3 fully saturated rings. The van der Waals surface area contributed by atoms with Crippen molar-refractivity contribution in [2.75, 3.05) is 74.8 Å². The van der Waals surface area contributed by atoms with E-state index in [0.29, 0.717) is 83.3 Å². The van der Waals surface area contributed by atoms with Crippen LogP contribution in [0, 0.1) is 45.4 Å². The van der Waals surface area contributed by atoms with Crippen molar-refractivity contribution in [3.63, 3.8) is 0 Å². The van der Waals surface area contributed by atoms with Gasteiger partial charge in [0, 0.05) is 81.0 Å². The molecule has 3 N–H and O–H groups in total. The molecule has 6 aliphatic rings. The van der Waals surface area contributed by atoms with Crippen molar-refractivity contribution >= 4 is 93.7 Å². The molecule has 6 aliphatic heterocycles. The number of hydrogen-bond acceptors (Lipinski definition) is 20. The number of esters is 4. The van der Waals surface area contributed by atoms with E-state index >= 15 is 0 Å². The summed E-state index contributed by atoms with van der Waals surface area (Å²) in [6.45, 7) is 23.2. The zero-order valence-electron chi connectivity index (χ0n) is 50.2. The molecule has 21 nitrogen and oxygen atoms in total. The third-order valence-electron chi connectivity index (χ3n) is 15.8. The van der Waals surface area contributed by atoms with Crippen LogP contribution in [0.5, 0.6) is 46.0 Å². The monoisotopic (exact) mass is 1440 g/mol. The Morgan fingerprint density at radius 2 is 0.882 bits per heavy atom. The number of amides is 1. The lowest BCUT2D eigenvalue weighted by molar-refractivity contribution is -0.107. The second-order valence-electron chi connectivity index (χ2n) is 22.8. The highest BCUT2D eigenvalue weighted by molar-refractivity contribution is 9.11. The number of halogens is 4. The van der Waals surface area contributed by atoms with Gasteiger partial charge in [-0.15, -0.1) is 0 Å². The normalized spacial score (nSPS) is 23.1. The average molecular weight is 1440 g/mol. The van der Waals surface area contributed by atoms with Gasteiger partial charge >= 0.3 is 30.0 Å². The van der Waals surface area contributed by atoms with Crippen LogP contribution in [0.2, 0.25) is 0 Å². The Kier molecular flexibility index (Phi) is 20.7. The molecule has 3 saturated heterocycles. The minimum Gasteiger partial charge on any atom is -0.504 e. The van der Waals surface area contributed by atoms with Crippen LogP contribution in [-0.2, 0) is 23.7 Å². The van der Waals surface area contributed by atoms with E-state index in [0.717, 1.165) is 56.6 Å². The van der Waals surface area contributed by atoms with Crippen LogP contribution in [0.4, 0.5) is 4.79 Å². The standard InChI is InChI=1S/C20H26BrNO6.C16H20BrNO4.C15H18BrNO4.C9H9BrO4/c1-11-13(17(23)25-6)9-14(21)16-15(11)26-20(5,27-16)12-7-8-22(10-12)18(24)28-19(2,3)4;1-9-11(15(19)20-4)7-12(17)14-13(9)21-16(2,22-14)10-5-6-18(3)8-10;1-8-10(14(18)19-3)6-11(16)13-12(8)20-15(2,21-13)9-4-5-17-7-9;1-4-5(9(13)14-2)3-6(10)8(12)7(4)11/h9,12H,7-8,10H2,1-6H3;7,10H,5-6,8H2,1-4H3;6,9,17H,4-5,7H2,1-3H3;3,11-12H,1-2H3. The van der Waals surface area contributed by atoms with Crippen LogP contribution >= 0.6 is 63.7 Å². The van der Waals surface area contributed by atoms with E-state index in [9.17, 15) is 34.2 Å². The molecular weight excluding hydrogens is 1370 g/mol. The van der Waals surface area contributed by atoms with Gasteiger partial charge < -0.3 is 77.4 Å². The fourth-order valence-electron chi connectivity index (χ4n) is 10.7. The van der Waals surface area contributed by atoms with E-state index < -0.39 is 34.9 Å². The minimum atomic E-state index is -0.943. The van der Waals surface area contributed by atoms with Crippen LogP contribution in [0.25, 0.3) is 0 Å². The molecule has 10 rings (SSSR count). The lowest BCUT2D eigenvalue weighted by atomic mass is 9.99. The van der Waals surface area contributed by atoms with Crippen LogP contribution in [-0.4, -0.2) is 148 Å². The first kappa shape index (κ1) is 66.8. The number of likely N-dealkylation sites (tertiary alicyclic amines) is 2. The van der Waals surface area contributed by atoms with E-state index in [4.69, 9.17) is 47.4 Å². The van der Waals surface area contributed by atoms with Crippen molar-refractivity contribution in [3.05, 3.63) is 86.7 Å². The zero-order chi connectivity index (χ0) is 63.0. The number of hydrogen-bond donors (Lipinski definition) is 3. The summed E-state index contributed by atoms with van der Waals surface area (Å²) in [6.07, 6.45) is 2.43. The predicted octanol–water partition coefficient (Wildman–Crippen LogP) is 11.9. The van der Waals surface area contributed by atoms with Crippen LogP contribution in [0.3, 0.4) is 0 Å². The van der Waals surface area contributed by atoms with E-state index in [-0.39, 0.29) is 62.9 Å². The molecule has 0 bridgehead atoms. The summed E-state index contributed by atoms with van der Waals surface area (Å²) in [7, 11) is 7.43. The van der Waals surface area contributed by atoms with Gasteiger partial charge in [-0.1, -0.05) is 0 Å². The van der Waals surface area contributed by atoms with Crippen LogP contribution < -0.4 is 33.7 Å². The number of carbonyl (C=O) groups is 5. The number of carbonyl (C=O) groups excluding carboxylic acids is 5. The van der Waals surface area contributed by atoms with E-state index in [2.05, 4.69) is 85.7 Å². The molecule has 464 valence electrons. The highest BCUT2D eigenvalue weighted by atomic mass is 79.9. The fraction of sp³-hybridized carbons (Fsp3) is 0.517. The van der Waals surface area contributed by atoms with Crippen LogP contribution in [0.1, 0.15) is 124 Å². The van der Waals surface area contributed by atoms with Gasteiger partial charge in [0.05, 0.1) is 74.5 Å². The topological polar surface area (TPSA) is 246 Å². The third kappa shape index (κ3) is 14.0. The van der Waals surface area contributed by atoms with E-state index in [1.807, 2.05) is 55.4 Å². The Hall–Kier alpha value is -5.73. The number of phenols is 2. The van der Waals surface area contributed by atoms with Gasteiger partial charge in [0.1, 0.15) is 5.60 Å². The molecule has 0 aliphatic carbocycles. The quantitative estimate of drug-likeness (QED) is 0.0884. The summed E-state index contributed by atoms with van der Waals surface area (Å²) in [5.41, 5.74) is 3.52. The summed E-state index contributed by atoms with van der Waals surface area (Å²) in [5.74, 6) is -0.502. The van der Waals surface area contributed by atoms with Crippen molar-refractivity contribution in [1.82, 2.24) is 15.1 Å². The van der Waals surface area contributed by atoms with Gasteiger partial charge in [-0.2, -0.15) is 0 Å². The van der Waals surface area contributed by atoms with Gasteiger partial charge in [0.2, 0.25) is 0 Å². The van der Waals surface area contributed by atoms with Crippen molar-refractivity contribution in [2.24, 2.45) is 17.8 Å². The summed E-state index contributed by atoms with van der Waals surface area (Å²) in [5, 5.41) is 22.1. The Bertz CT molecular complexity index is 3280. The average Bonchev–Trinajstić information content (AvgIpc) is 1.78. The number of ether oxygens (including phenoxy) is 11. The highest BCUT2D eigenvalue weighted by Gasteiger charge is 2.52. The molecule has 0 radical (unpaired) electrons. The van der Waals surface area contributed by atoms with Gasteiger partial charge in [0.25, 0.3) is 17.4 Å². The Morgan fingerprint density at radius 3 is 1.24 bits per heavy atom. The first-order valence-electron chi connectivity index (χ1n) is 27.3. The molecule has 25 heteroatoms. The number of rotatable bonds is 7. The molecule has 4 aromatic rings. The molecule has 6 unspecified atom stereocenters. The third-order valence-corrected chi connectivity index (χ3v) is 18.1. The number of nitrogens with zero attached hydrogens (tertiary/aromatic N) is 2. The summed E-state index contributed by atoms with van der Waals surface area (Å²) in [6, 6.07) is 6.53. The van der Waals surface area contributed by atoms with E-state index in [1.54, 1.807) is 30.0 Å². The Balaban J connectivity index is 0.000000167. The first-order valence-corrected chi connectivity index (χ1v) is 30.5. The molecular formula is C60H73Br4N3O18. The number of nitrogens with one attached hydrogen (secondary N) is 1. The number of benzene rings is 4. The molecule has 85 heavy (non-hydrogen) atoms. The molecule has 0 saturated carbocycles. The maximum Gasteiger partial charge on any atom is 0.410 e. The van der Waals surface area contributed by atoms with Gasteiger partial charge in [-0.25, -0.2) is 24.0 Å². The van der Waals surface area contributed by atoms with Crippen molar-refractivity contribution in [3.8, 4) is 46.0 Å². The van der Waals surface area contributed by atoms with Crippen LogP contribution in [0.15, 0.2) is 42.2 Å². The highest BCUT2D eigenvalue weighted by Crippen LogP contribution is 2.54. The molecule has 0 spiro atoms. The zero-order valence-corrected chi connectivity index (χ0v) is 56.6. The Labute approximate surface area is 528 Å². The number of aromatic hydroxyl groups is 2. The predicted molar refractivity (Wildman–Crippen MR) is 326 cm³/mol. The molecule has 0 aromatic heterocycles. The van der Waals surface area contributed by atoms with Crippen molar-refractivity contribution in [2.45, 2.75) is 111 Å². The number of fused-ring (bicyclic) bond motifs is 3. The molecule has 4 aromatic carbocycles. The van der Waals surface area contributed by atoms with Crippen molar-refractivity contribution in [1.29, 1.82) is 0 Å². The van der Waals surface area contributed by atoms with Gasteiger partial charge in [-0.05, 0) is 176 Å². The number of methoxy groups -OCH3 is 4.